The maximum Gasteiger partial charge on any atom is 0.328 e. The lowest BCUT2D eigenvalue weighted by atomic mass is 9.95. The van der Waals surface area contributed by atoms with E-state index in [1.54, 1.807) is 6.92 Å². The van der Waals surface area contributed by atoms with E-state index in [1.807, 2.05) is 19.9 Å². The second-order valence-electron chi connectivity index (χ2n) is 11.5. The summed E-state index contributed by atoms with van der Waals surface area (Å²) in [5.74, 6) is 0.539. The lowest BCUT2D eigenvalue weighted by Crippen LogP contribution is -2.39. The van der Waals surface area contributed by atoms with Crippen LogP contribution < -0.4 is 10.1 Å². The molecule has 3 heterocycles. The molecule has 8 heteroatoms. The van der Waals surface area contributed by atoms with Crippen molar-refractivity contribution in [1.82, 2.24) is 14.8 Å². The molecule has 40 heavy (non-hydrogen) atoms. The number of hydrogen-bond acceptors (Lipinski definition) is 7. The van der Waals surface area contributed by atoms with Crippen LogP contribution in [-0.4, -0.2) is 73.7 Å². The summed E-state index contributed by atoms with van der Waals surface area (Å²) in [7, 11) is 3.63. The van der Waals surface area contributed by atoms with Gasteiger partial charge < -0.3 is 19.7 Å². The molecule has 0 bridgehead atoms. The van der Waals surface area contributed by atoms with Crippen LogP contribution in [0.1, 0.15) is 87.2 Å². The number of rotatable bonds is 13. The SMILES string of the molecule is CCOC(=O)C(c1cc(C(C)C)cc(F)c1OC)N1CC[C@@H](N(C)CCCCCc2ccc3c(n2)NCCC3)C1. The van der Waals surface area contributed by atoms with Gasteiger partial charge in [-0.25, -0.2) is 14.2 Å². The number of unbranched alkanes of at least 4 members (excludes halogenated alkanes) is 2. The molecule has 2 aliphatic rings. The molecule has 7 nitrogen and oxygen atoms in total. The number of halogens is 1. The Hall–Kier alpha value is -2.71. The number of benzene rings is 1. The van der Waals surface area contributed by atoms with Gasteiger partial charge >= 0.3 is 5.97 Å². The first-order chi connectivity index (χ1) is 19.3. The molecular formula is C32H47FN4O3. The first-order valence-corrected chi connectivity index (χ1v) is 15.0. The Labute approximate surface area is 239 Å². The fraction of sp³-hybridized carbons (Fsp3) is 0.625. The quantitative estimate of drug-likeness (QED) is 0.250. The Bertz CT molecular complexity index is 1140. The predicted molar refractivity (Wildman–Crippen MR) is 158 cm³/mol. The number of carbonyl (C=O) groups is 1. The van der Waals surface area contributed by atoms with E-state index in [4.69, 9.17) is 14.5 Å². The molecule has 1 fully saturated rings. The number of likely N-dealkylation sites (tertiary alicyclic amines) is 1. The fourth-order valence-electron chi connectivity index (χ4n) is 5.98. The zero-order valence-electron chi connectivity index (χ0n) is 25.0. The van der Waals surface area contributed by atoms with Crippen molar-refractivity contribution in [2.45, 2.75) is 83.7 Å². The Balaban J connectivity index is 1.33. The van der Waals surface area contributed by atoms with Crippen molar-refractivity contribution in [2.75, 3.05) is 52.3 Å². The van der Waals surface area contributed by atoms with E-state index in [0.717, 1.165) is 76.1 Å². The largest absolute Gasteiger partial charge is 0.493 e. The molecule has 0 radical (unpaired) electrons. The van der Waals surface area contributed by atoms with Gasteiger partial charge in [-0.2, -0.15) is 0 Å². The molecule has 4 rings (SSSR count). The van der Waals surface area contributed by atoms with Crippen LogP contribution in [0.15, 0.2) is 24.3 Å². The average molecular weight is 555 g/mol. The molecule has 1 saturated heterocycles. The van der Waals surface area contributed by atoms with E-state index in [9.17, 15) is 4.79 Å². The number of nitrogens with zero attached hydrogens (tertiary/aromatic N) is 3. The van der Waals surface area contributed by atoms with Crippen molar-refractivity contribution >= 4 is 11.8 Å². The van der Waals surface area contributed by atoms with Crippen molar-refractivity contribution < 1.29 is 18.7 Å². The normalized spacial score (nSPS) is 18.1. The molecule has 2 atom stereocenters. The minimum absolute atomic E-state index is 0.124. The molecule has 1 aromatic heterocycles. The monoisotopic (exact) mass is 554 g/mol. The predicted octanol–water partition coefficient (Wildman–Crippen LogP) is 5.73. The van der Waals surface area contributed by atoms with Crippen LogP contribution in [-0.2, 0) is 22.4 Å². The summed E-state index contributed by atoms with van der Waals surface area (Å²) in [5, 5.41) is 3.43. The molecule has 220 valence electrons. The Morgan fingerprint density at radius 3 is 2.83 bits per heavy atom. The Morgan fingerprint density at radius 1 is 1.25 bits per heavy atom. The van der Waals surface area contributed by atoms with Crippen molar-refractivity contribution in [1.29, 1.82) is 0 Å². The number of aromatic nitrogens is 1. The highest BCUT2D eigenvalue weighted by Gasteiger charge is 2.38. The van der Waals surface area contributed by atoms with Gasteiger partial charge in [0.25, 0.3) is 0 Å². The van der Waals surface area contributed by atoms with Gasteiger partial charge in [0, 0.05) is 36.9 Å². The van der Waals surface area contributed by atoms with Gasteiger partial charge in [-0.15, -0.1) is 0 Å². The summed E-state index contributed by atoms with van der Waals surface area (Å²) in [4.78, 5) is 22.6. The number of hydrogen-bond donors (Lipinski definition) is 1. The van der Waals surface area contributed by atoms with Crippen LogP contribution in [0.5, 0.6) is 5.75 Å². The van der Waals surface area contributed by atoms with Crippen LogP contribution in [0.25, 0.3) is 0 Å². The van der Waals surface area contributed by atoms with Crippen LogP contribution in [0.2, 0.25) is 0 Å². The minimum Gasteiger partial charge on any atom is -0.493 e. The highest BCUT2D eigenvalue weighted by molar-refractivity contribution is 5.79. The van der Waals surface area contributed by atoms with E-state index in [2.05, 4.69) is 34.3 Å². The zero-order chi connectivity index (χ0) is 28.6. The van der Waals surface area contributed by atoms with Crippen LogP contribution in [0.3, 0.4) is 0 Å². The molecule has 2 aliphatic heterocycles. The molecule has 1 unspecified atom stereocenters. The molecule has 2 aromatic rings. The topological polar surface area (TPSA) is 66.9 Å². The number of anilines is 1. The highest BCUT2D eigenvalue weighted by atomic mass is 19.1. The van der Waals surface area contributed by atoms with E-state index in [0.29, 0.717) is 11.6 Å². The Morgan fingerprint density at radius 2 is 2.08 bits per heavy atom. The number of fused-ring (bicyclic) bond motifs is 1. The molecule has 0 aliphatic carbocycles. The number of aryl methyl sites for hydroxylation is 2. The van der Waals surface area contributed by atoms with E-state index in [1.165, 1.54) is 30.9 Å². The Kier molecular flexibility index (Phi) is 10.8. The average Bonchev–Trinajstić information content (AvgIpc) is 3.42. The summed E-state index contributed by atoms with van der Waals surface area (Å²) in [6, 6.07) is 7.47. The van der Waals surface area contributed by atoms with Crippen LogP contribution in [0.4, 0.5) is 10.2 Å². The van der Waals surface area contributed by atoms with Gasteiger partial charge in [-0.1, -0.05) is 26.3 Å². The lowest BCUT2D eigenvalue weighted by Gasteiger charge is -2.30. The third kappa shape index (κ3) is 7.32. The molecular weight excluding hydrogens is 507 g/mol. The number of likely N-dealkylation sites (N-methyl/N-ethyl adjacent to an activating group) is 1. The van der Waals surface area contributed by atoms with Crippen LogP contribution >= 0.6 is 0 Å². The second kappa shape index (κ2) is 14.3. The minimum atomic E-state index is -0.694. The number of esters is 1. The first kappa shape index (κ1) is 30.3. The summed E-state index contributed by atoms with van der Waals surface area (Å²) >= 11 is 0. The second-order valence-corrected chi connectivity index (χ2v) is 11.5. The molecule has 0 saturated carbocycles. The van der Waals surface area contributed by atoms with Gasteiger partial charge in [0.15, 0.2) is 11.6 Å². The summed E-state index contributed by atoms with van der Waals surface area (Å²) < 4.78 is 26.0. The number of pyridine rings is 1. The fourth-order valence-corrected chi connectivity index (χ4v) is 5.98. The van der Waals surface area contributed by atoms with Gasteiger partial charge in [-0.05, 0) is 94.3 Å². The van der Waals surface area contributed by atoms with E-state index >= 15 is 4.39 Å². The number of methoxy groups -OCH3 is 1. The van der Waals surface area contributed by atoms with Gasteiger partial charge in [0.1, 0.15) is 11.9 Å². The number of carbonyl (C=O) groups excluding carboxylic acids is 1. The summed E-state index contributed by atoms with van der Waals surface area (Å²) in [6.45, 7) is 9.61. The number of nitrogens with one attached hydrogen (secondary N) is 1. The lowest BCUT2D eigenvalue weighted by molar-refractivity contribution is -0.149. The third-order valence-corrected chi connectivity index (χ3v) is 8.35. The van der Waals surface area contributed by atoms with Gasteiger partial charge in [-0.3, -0.25) is 4.90 Å². The molecule has 1 aromatic carbocycles. The summed E-state index contributed by atoms with van der Waals surface area (Å²) in [5.41, 5.74) is 3.91. The van der Waals surface area contributed by atoms with Crippen molar-refractivity contribution in [3.8, 4) is 5.75 Å². The van der Waals surface area contributed by atoms with E-state index in [-0.39, 0.29) is 24.2 Å². The summed E-state index contributed by atoms with van der Waals surface area (Å²) in [6.07, 6.45) is 7.65. The number of ether oxygens (including phenoxy) is 2. The molecule has 0 amide bonds. The standard InChI is InChI=1S/C32H47FN4O3/c1-6-40-32(38)29(27-19-24(22(2)3)20-28(33)30(27)39-5)37-18-15-26(21-37)36(4)17-9-7-8-12-25-14-13-23-11-10-16-34-31(23)35-25/h13-14,19-20,22,26,29H,6-12,15-18,21H2,1-5H3,(H,34,35)/t26-,29?/m1/s1. The molecule has 1 N–H and O–H groups in total. The van der Waals surface area contributed by atoms with Crippen molar-refractivity contribution in [2.24, 2.45) is 0 Å². The van der Waals surface area contributed by atoms with Gasteiger partial charge in [0.05, 0.1) is 13.7 Å². The first-order valence-electron chi connectivity index (χ1n) is 15.0. The third-order valence-electron chi connectivity index (χ3n) is 8.35. The zero-order valence-corrected chi connectivity index (χ0v) is 25.0. The maximum atomic E-state index is 15.0. The van der Waals surface area contributed by atoms with Gasteiger partial charge in [0.2, 0.25) is 0 Å². The smallest absolute Gasteiger partial charge is 0.328 e. The van der Waals surface area contributed by atoms with Crippen molar-refractivity contribution in [3.05, 3.63) is 52.5 Å². The van der Waals surface area contributed by atoms with E-state index < -0.39 is 11.9 Å². The van der Waals surface area contributed by atoms with Crippen molar-refractivity contribution in [3.63, 3.8) is 0 Å². The maximum absolute atomic E-state index is 15.0. The highest BCUT2D eigenvalue weighted by Crippen LogP contribution is 2.37. The van der Waals surface area contributed by atoms with Crippen LogP contribution in [0, 0.1) is 5.82 Å². The molecule has 0 spiro atoms.